The Balaban J connectivity index is 2.52. The largest absolute Gasteiger partial charge is 0.456 e. The minimum absolute atomic E-state index is 0.0413. The van der Waals surface area contributed by atoms with Crippen LogP contribution in [0.1, 0.15) is 23.6 Å². The lowest BCUT2D eigenvalue weighted by Gasteiger charge is -2.11. The van der Waals surface area contributed by atoms with E-state index in [0.29, 0.717) is 6.42 Å². The molecule has 0 amide bonds. The Kier molecular flexibility index (Phi) is 4.65. The molecule has 0 saturated carbocycles. The van der Waals surface area contributed by atoms with Crippen LogP contribution in [-0.4, -0.2) is 13.0 Å². The highest BCUT2D eigenvalue weighted by Crippen LogP contribution is 2.31. The predicted octanol–water partition coefficient (Wildman–Crippen LogP) is 3.03. The molecular formula is C16H12N2O4S. The standard InChI is InChI=1S/C16H12N2O4S/c1-2-11-3-6-16(23(19,20)21)15(7-11)22-14-5-4-12(9-17)13(8-14)10-18/h3-8H,2H2,1H3,(H,19,20,21). The first-order valence-electron chi connectivity index (χ1n) is 6.61. The number of hydrogen-bond donors (Lipinski definition) is 1. The predicted molar refractivity (Wildman–Crippen MR) is 81.6 cm³/mol. The fourth-order valence-corrected chi connectivity index (χ4v) is 2.56. The summed E-state index contributed by atoms with van der Waals surface area (Å²) in [5, 5.41) is 17.9. The van der Waals surface area contributed by atoms with E-state index < -0.39 is 10.1 Å². The fraction of sp³-hybridized carbons (Fsp3) is 0.125. The molecule has 0 fully saturated rings. The summed E-state index contributed by atoms with van der Waals surface area (Å²) in [5.41, 5.74) is 1.13. The number of ether oxygens (including phenoxy) is 1. The molecule has 0 heterocycles. The van der Waals surface area contributed by atoms with Crippen LogP contribution in [0.5, 0.6) is 11.5 Å². The average molecular weight is 328 g/mol. The van der Waals surface area contributed by atoms with Gasteiger partial charge in [0.25, 0.3) is 10.1 Å². The number of nitriles is 2. The van der Waals surface area contributed by atoms with E-state index >= 15 is 0 Å². The van der Waals surface area contributed by atoms with Crippen molar-refractivity contribution in [3.8, 4) is 23.6 Å². The van der Waals surface area contributed by atoms with E-state index in [1.54, 1.807) is 6.07 Å². The number of benzene rings is 2. The Labute approximate surface area is 133 Å². The number of rotatable bonds is 4. The van der Waals surface area contributed by atoms with Gasteiger partial charge >= 0.3 is 0 Å². The van der Waals surface area contributed by atoms with Crippen molar-refractivity contribution in [2.24, 2.45) is 0 Å². The van der Waals surface area contributed by atoms with Crippen LogP contribution >= 0.6 is 0 Å². The second kappa shape index (κ2) is 6.49. The van der Waals surface area contributed by atoms with Gasteiger partial charge in [-0.15, -0.1) is 0 Å². The monoisotopic (exact) mass is 328 g/mol. The van der Waals surface area contributed by atoms with Crippen molar-refractivity contribution in [3.05, 3.63) is 53.1 Å². The molecule has 6 nitrogen and oxygen atoms in total. The summed E-state index contributed by atoms with van der Waals surface area (Å²) >= 11 is 0. The van der Waals surface area contributed by atoms with E-state index in [9.17, 15) is 13.0 Å². The second-order valence-electron chi connectivity index (χ2n) is 4.64. The first-order valence-corrected chi connectivity index (χ1v) is 8.05. The van der Waals surface area contributed by atoms with Crippen molar-refractivity contribution < 1.29 is 17.7 Å². The lowest BCUT2D eigenvalue weighted by atomic mass is 10.1. The van der Waals surface area contributed by atoms with Crippen molar-refractivity contribution in [1.29, 1.82) is 10.5 Å². The fourth-order valence-electron chi connectivity index (χ4n) is 1.97. The van der Waals surface area contributed by atoms with Gasteiger partial charge in [0.1, 0.15) is 28.5 Å². The molecule has 1 N–H and O–H groups in total. The van der Waals surface area contributed by atoms with Crippen LogP contribution < -0.4 is 4.74 Å². The molecular weight excluding hydrogens is 316 g/mol. The van der Waals surface area contributed by atoms with E-state index in [-0.39, 0.29) is 27.5 Å². The molecule has 0 aliphatic rings. The maximum Gasteiger partial charge on any atom is 0.298 e. The highest BCUT2D eigenvalue weighted by molar-refractivity contribution is 7.86. The van der Waals surface area contributed by atoms with Gasteiger partial charge in [-0.2, -0.15) is 18.9 Å². The Hall–Kier alpha value is -2.87. The third-order valence-corrected chi connectivity index (χ3v) is 4.05. The van der Waals surface area contributed by atoms with Crippen molar-refractivity contribution >= 4 is 10.1 Å². The maximum absolute atomic E-state index is 11.4. The molecule has 23 heavy (non-hydrogen) atoms. The van der Waals surface area contributed by atoms with Gasteiger partial charge in [-0.1, -0.05) is 13.0 Å². The molecule has 2 aromatic carbocycles. The van der Waals surface area contributed by atoms with Crippen LogP contribution in [0.2, 0.25) is 0 Å². The third-order valence-electron chi connectivity index (χ3n) is 3.15. The summed E-state index contributed by atoms with van der Waals surface area (Å²) in [4.78, 5) is -0.363. The highest BCUT2D eigenvalue weighted by Gasteiger charge is 2.18. The molecule has 2 rings (SSSR count). The van der Waals surface area contributed by atoms with Gasteiger partial charge in [-0.05, 0) is 42.3 Å². The SMILES string of the molecule is CCc1ccc(S(=O)(=O)O)c(Oc2ccc(C#N)c(C#N)c2)c1. The van der Waals surface area contributed by atoms with Crippen molar-refractivity contribution in [1.82, 2.24) is 0 Å². The minimum atomic E-state index is -4.45. The first-order chi connectivity index (χ1) is 10.9. The van der Waals surface area contributed by atoms with Crippen molar-refractivity contribution in [3.63, 3.8) is 0 Å². The van der Waals surface area contributed by atoms with Crippen LogP contribution in [0.4, 0.5) is 0 Å². The molecule has 0 saturated heterocycles. The van der Waals surface area contributed by atoms with Crippen LogP contribution in [0.3, 0.4) is 0 Å². The molecule has 0 spiro atoms. The zero-order valence-corrected chi connectivity index (χ0v) is 13.0. The molecule has 0 atom stereocenters. The van der Waals surface area contributed by atoms with E-state index in [0.717, 1.165) is 5.56 Å². The smallest absolute Gasteiger partial charge is 0.298 e. The molecule has 7 heteroatoms. The van der Waals surface area contributed by atoms with Crippen LogP contribution in [0.25, 0.3) is 0 Å². The number of nitrogens with zero attached hydrogens (tertiary/aromatic N) is 2. The zero-order chi connectivity index (χ0) is 17.0. The third kappa shape index (κ3) is 3.67. The van der Waals surface area contributed by atoms with E-state index in [2.05, 4.69) is 0 Å². The molecule has 0 bridgehead atoms. The molecule has 116 valence electrons. The number of aryl methyl sites for hydroxylation is 1. The molecule has 2 aromatic rings. The summed E-state index contributed by atoms with van der Waals surface area (Å²) in [5.74, 6) is 0.152. The quantitative estimate of drug-likeness (QED) is 0.863. The van der Waals surface area contributed by atoms with Gasteiger partial charge in [0.15, 0.2) is 0 Å². The number of hydrogen-bond acceptors (Lipinski definition) is 5. The molecule has 0 aliphatic carbocycles. The first kappa shape index (κ1) is 16.5. The van der Waals surface area contributed by atoms with Crippen molar-refractivity contribution in [2.45, 2.75) is 18.2 Å². The van der Waals surface area contributed by atoms with Crippen molar-refractivity contribution in [2.75, 3.05) is 0 Å². The average Bonchev–Trinajstić information content (AvgIpc) is 2.53. The van der Waals surface area contributed by atoms with Gasteiger partial charge in [-0.3, -0.25) is 4.55 Å². The Morgan fingerprint density at radius 3 is 2.35 bits per heavy atom. The topological polar surface area (TPSA) is 111 Å². The molecule has 0 radical (unpaired) electrons. The van der Waals surface area contributed by atoms with Gasteiger partial charge in [0.05, 0.1) is 11.1 Å². The zero-order valence-electron chi connectivity index (χ0n) is 12.1. The van der Waals surface area contributed by atoms with E-state index in [4.69, 9.17) is 15.3 Å². The maximum atomic E-state index is 11.4. The van der Waals surface area contributed by atoms with Gasteiger partial charge in [0.2, 0.25) is 0 Å². The minimum Gasteiger partial charge on any atom is -0.456 e. The summed E-state index contributed by atoms with van der Waals surface area (Å²) < 4.78 is 37.7. The summed E-state index contributed by atoms with van der Waals surface area (Å²) in [7, 11) is -4.45. The Bertz CT molecular complexity index is 938. The van der Waals surface area contributed by atoms with Crippen LogP contribution in [-0.2, 0) is 16.5 Å². The lowest BCUT2D eigenvalue weighted by molar-refractivity contribution is 0.449. The summed E-state index contributed by atoms with van der Waals surface area (Å²) in [6.45, 7) is 1.89. The summed E-state index contributed by atoms with van der Waals surface area (Å²) in [6, 6.07) is 12.3. The van der Waals surface area contributed by atoms with E-state index in [1.807, 2.05) is 19.1 Å². The van der Waals surface area contributed by atoms with Crippen LogP contribution in [0.15, 0.2) is 41.3 Å². The normalized spacial score (nSPS) is 10.6. The molecule has 0 unspecified atom stereocenters. The Morgan fingerprint density at radius 1 is 1.09 bits per heavy atom. The van der Waals surface area contributed by atoms with Gasteiger partial charge < -0.3 is 4.74 Å². The highest BCUT2D eigenvalue weighted by atomic mass is 32.2. The molecule has 0 aliphatic heterocycles. The second-order valence-corrected chi connectivity index (χ2v) is 6.03. The Morgan fingerprint density at radius 2 is 1.78 bits per heavy atom. The summed E-state index contributed by atoms with van der Waals surface area (Å²) in [6.07, 6.45) is 0.652. The van der Waals surface area contributed by atoms with E-state index in [1.165, 1.54) is 30.3 Å². The molecule has 0 aromatic heterocycles. The van der Waals surface area contributed by atoms with Crippen LogP contribution in [0, 0.1) is 22.7 Å². The van der Waals surface area contributed by atoms with Gasteiger partial charge in [-0.25, -0.2) is 0 Å². The lowest BCUT2D eigenvalue weighted by Crippen LogP contribution is -2.02. The van der Waals surface area contributed by atoms with Gasteiger partial charge in [0, 0.05) is 0 Å².